The van der Waals surface area contributed by atoms with Gasteiger partial charge in [0.15, 0.2) is 5.13 Å². The number of benzene rings is 1. The Hall–Kier alpha value is -2.28. The highest BCUT2D eigenvalue weighted by molar-refractivity contribution is 7.15. The van der Waals surface area contributed by atoms with E-state index in [0.29, 0.717) is 16.4 Å². The van der Waals surface area contributed by atoms with Crippen LogP contribution in [0.25, 0.3) is 0 Å². The van der Waals surface area contributed by atoms with Crippen LogP contribution < -0.4 is 10.2 Å². The molecular formula is C18H18FN3O2S. The Labute approximate surface area is 148 Å². The van der Waals surface area contributed by atoms with Gasteiger partial charge in [-0.3, -0.25) is 9.59 Å². The number of nitrogens with one attached hydrogen (secondary N) is 1. The summed E-state index contributed by atoms with van der Waals surface area (Å²) in [4.78, 5) is 31.9. The summed E-state index contributed by atoms with van der Waals surface area (Å²) < 4.78 is 13.8. The van der Waals surface area contributed by atoms with E-state index in [2.05, 4.69) is 10.3 Å². The van der Waals surface area contributed by atoms with Crippen LogP contribution >= 0.6 is 11.3 Å². The molecule has 0 radical (unpaired) electrons. The minimum atomic E-state index is -0.449. The molecule has 2 amide bonds. The first-order valence-electron chi connectivity index (χ1n) is 8.37. The van der Waals surface area contributed by atoms with Gasteiger partial charge in [0.1, 0.15) is 5.82 Å². The molecule has 1 N–H and O–H groups in total. The normalized spacial score (nSPS) is 19.4. The molecule has 5 nitrogen and oxygen atoms in total. The Balaban J connectivity index is 1.45. The number of halogens is 1. The van der Waals surface area contributed by atoms with Gasteiger partial charge in [-0.05, 0) is 43.9 Å². The highest BCUT2D eigenvalue weighted by Crippen LogP contribution is 2.32. The van der Waals surface area contributed by atoms with Crippen molar-refractivity contribution in [3.05, 3.63) is 40.2 Å². The molecule has 1 aromatic carbocycles. The number of carbonyl (C=O) groups is 2. The third-order valence-electron chi connectivity index (χ3n) is 4.79. The number of aromatic nitrogens is 1. The molecule has 0 bridgehead atoms. The van der Waals surface area contributed by atoms with Gasteiger partial charge >= 0.3 is 0 Å². The molecule has 130 valence electrons. The summed E-state index contributed by atoms with van der Waals surface area (Å²) in [6.45, 7) is 1.94. The van der Waals surface area contributed by atoms with E-state index >= 15 is 0 Å². The van der Waals surface area contributed by atoms with Crippen LogP contribution in [0, 0.1) is 18.7 Å². The molecule has 1 saturated heterocycles. The lowest BCUT2D eigenvalue weighted by Gasteiger charge is -2.17. The Kier molecular flexibility index (Phi) is 4.03. The maximum Gasteiger partial charge on any atom is 0.231 e. The fourth-order valence-corrected chi connectivity index (χ4v) is 4.39. The van der Waals surface area contributed by atoms with Crippen LogP contribution in [-0.2, 0) is 22.4 Å². The zero-order valence-corrected chi connectivity index (χ0v) is 14.7. The van der Waals surface area contributed by atoms with Crippen LogP contribution in [0.2, 0.25) is 0 Å². The third-order valence-corrected chi connectivity index (χ3v) is 5.86. The lowest BCUT2D eigenvalue weighted by molar-refractivity contribution is -0.122. The molecule has 2 heterocycles. The molecular weight excluding hydrogens is 341 g/mol. The number of fused-ring (bicyclic) bond motifs is 1. The van der Waals surface area contributed by atoms with Gasteiger partial charge in [-0.2, -0.15) is 0 Å². The number of nitrogens with zero attached hydrogens (tertiary/aromatic N) is 2. The molecule has 2 aromatic rings. The minimum Gasteiger partial charge on any atom is -0.311 e. The maximum atomic E-state index is 13.8. The van der Waals surface area contributed by atoms with Crippen molar-refractivity contribution in [2.75, 3.05) is 16.8 Å². The van der Waals surface area contributed by atoms with Gasteiger partial charge < -0.3 is 10.2 Å². The number of anilines is 2. The van der Waals surface area contributed by atoms with E-state index in [1.54, 1.807) is 19.1 Å². The lowest BCUT2D eigenvalue weighted by atomic mass is 10.1. The first-order valence-corrected chi connectivity index (χ1v) is 9.19. The lowest BCUT2D eigenvalue weighted by Crippen LogP contribution is -2.28. The van der Waals surface area contributed by atoms with Gasteiger partial charge in [-0.25, -0.2) is 9.37 Å². The topological polar surface area (TPSA) is 62.3 Å². The molecule has 0 saturated carbocycles. The van der Waals surface area contributed by atoms with Crippen LogP contribution in [0.15, 0.2) is 18.2 Å². The Bertz CT molecular complexity index is 843. The summed E-state index contributed by atoms with van der Waals surface area (Å²) in [6, 6.07) is 4.70. The molecule has 1 unspecified atom stereocenters. The Morgan fingerprint density at radius 1 is 1.40 bits per heavy atom. The van der Waals surface area contributed by atoms with Crippen molar-refractivity contribution < 1.29 is 14.0 Å². The van der Waals surface area contributed by atoms with Crippen LogP contribution in [0.1, 0.15) is 29.0 Å². The quantitative estimate of drug-likeness (QED) is 0.916. The Morgan fingerprint density at radius 2 is 2.24 bits per heavy atom. The Morgan fingerprint density at radius 3 is 3.00 bits per heavy atom. The maximum absolute atomic E-state index is 13.8. The van der Waals surface area contributed by atoms with Crippen molar-refractivity contribution in [1.29, 1.82) is 0 Å². The number of hydrogen-bond acceptors (Lipinski definition) is 4. The molecule has 1 aliphatic heterocycles. The second-order valence-electron chi connectivity index (χ2n) is 6.57. The van der Waals surface area contributed by atoms with E-state index in [1.807, 2.05) is 0 Å². The molecule has 1 fully saturated rings. The molecule has 4 rings (SSSR count). The molecule has 25 heavy (non-hydrogen) atoms. The average molecular weight is 359 g/mol. The standard InChI is InChI=1S/C18H18FN3O2S/c1-10-5-6-12(8-13(10)19)22-9-11(7-16(22)23)17(24)21-18-20-14-3-2-4-15(14)25-18/h5-6,8,11H,2-4,7,9H2,1H3,(H,20,21,24). The van der Waals surface area contributed by atoms with Crippen molar-refractivity contribution in [1.82, 2.24) is 4.98 Å². The molecule has 2 aliphatic rings. The average Bonchev–Trinajstić information content (AvgIpc) is 3.24. The zero-order valence-electron chi connectivity index (χ0n) is 13.8. The molecule has 1 atom stereocenters. The van der Waals surface area contributed by atoms with Gasteiger partial charge in [-0.15, -0.1) is 11.3 Å². The molecule has 1 aliphatic carbocycles. The van der Waals surface area contributed by atoms with E-state index in [1.165, 1.54) is 27.2 Å². The van der Waals surface area contributed by atoms with Crippen molar-refractivity contribution in [2.45, 2.75) is 32.6 Å². The second kappa shape index (κ2) is 6.22. The van der Waals surface area contributed by atoms with Crippen LogP contribution in [0.4, 0.5) is 15.2 Å². The number of aryl methyl sites for hydroxylation is 3. The van der Waals surface area contributed by atoms with Gasteiger partial charge in [0, 0.05) is 23.5 Å². The number of amides is 2. The fourth-order valence-electron chi connectivity index (χ4n) is 3.33. The van der Waals surface area contributed by atoms with Crippen molar-refractivity contribution in [2.24, 2.45) is 5.92 Å². The van der Waals surface area contributed by atoms with E-state index in [9.17, 15) is 14.0 Å². The predicted molar refractivity (Wildman–Crippen MR) is 94.4 cm³/mol. The van der Waals surface area contributed by atoms with Crippen molar-refractivity contribution in [3.8, 4) is 0 Å². The summed E-state index contributed by atoms with van der Waals surface area (Å²) >= 11 is 1.52. The van der Waals surface area contributed by atoms with Gasteiger partial charge in [0.2, 0.25) is 11.8 Å². The van der Waals surface area contributed by atoms with E-state index in [-0.39, 0.29) is 30.6 Å². The van der Waals surface area contributed by atoms with Crippen LogP contribution in [-0.4, -0.2) is 23.3 Å². The van der Waals surface area contributed by atoms with Crippen LogP contribution in [0.3, 0.4) is 0 Å². The zero-order chi connectivity index (χ0) is 17.6. The summed E-state index contributed by atoms with van der Waals surface area (Å²) in [5.41, 5.74) is 2.11. The second-order valence-corrected chi connectivity index (χ2v) is 7.65. The molecule has 1 aromatic heterocycles. The van der Waals surface area contributed by atoms with E-state index in [4.69, 9.17) is 0 Å². The van der Waals surface area contributed by atoms with E-state index < -0.39 is 5.92 Å². The molecule has 7 heteroatoms. The third kappa shape index (κ3) is 3.04. The number of thiazole rings is 1. The number of carbonyl (C=O) groups excluding carboxylic acids is 2. The van der Waals surface area contributed by atoms with Crippen molar-refractivity contribution in [3.63, 3.8) is 0 Å². The smallest absolute Gasteiger partial charge is 0.231 e. The molecule has 0 spiro atoms. The number of hydrogen-bond donors (Lipinski definition) is 1. The first kappa shape index (κ1) is 16.2. The fraction of sp³-hybridized carbons (Fsp3) is 0.389. The van der Waals surface area contributed by atoms with Gasteiger partial charge in [0.05, 0.1) is 11.6 Å². The summed E-state index contributed by atoms with van der Waals surface area (Å²) in [7, 11) is 0. The van der Waals surface area contributed by atoms with E-state index in [0.717, 1.165) is 25.0 Å². The van der Waals surface area contributed by atoms with Gasteiger partial charge in [-0.1, -0.05) is 6.07 Å². The SMILES string of the molecule is Cc1ccc(N2CC(C(=O)Nc3nc4c(s3)CCC4)CC2=O)cc1F. The monoisotopic (exact) mass is 359 g/mol. The summed E-state index contributed by atoms with van der Waals surface area (Å²) in [6.07, 6.45) is 3.25. The highest BCUT2D eigenvalue weighted by Gasteiger charge is 2.35. The summed E-state index contributed by atoms with van der Waals surface area (Å²) in [5.74, 6) is -1.16. The van der Waals surface area contributed by atoms with Crippen molar-refractivity contribution >= 4 is 34.0 Å². The largest absolute Gasteiger partial charge is 0.311 e. The number of rotatable bonds is 3. The first-order chi connectivity index (χ1) is 12.0. The van der Waals surface area contributed by atoms with Gasteiger partial charge in [0.25, 0.3) is 0 Å². The van der Waals surface area contributed by atoms with Crippen LogP contribution in [0.5, 0.6) is 0 Å². The predicted octanol–water partition coefficient (Wildman–Crippen LogP) is 3.07. The minimum absolute atomic E-state index is 0.131. The summed E-state index contributed by atoms with van der Waals surface area (Å²) in [5, 5.41) is 3.45. The highest BCUT2D eigenvalue weighted by atomic mass is 32.1.